The highest BCUT2D eigenvalue weighted by molar-refractivity contribution is 7.00. The molecule has 1 aliphatic heterocycles. The maximum Gasteiger partial charge on any atom is 0.146 e. The molecule has 0 saturated carbocycles. The molecule has 1 aliphatic rings. The molecular formula is C38H34Si. The van der Waals surface area contributed by atoms with E-state index in [1.807, 2.05) is 12.1 Å². The van der Waals surface area contributed by atoms with E-state index in [-0.39, 0.29) is 0 Å². The normalized spacial score (nSPS) is 14.2. The molecule has 4 aromatic carbocycles. The molecule has 39 heavy (non-hydrogen) atoms. The molecule has 0 bridgehead atoms. The Bertz CT molecular complexity index is 1490. The van der Waals surface area contributed by atoms with Crippen LogP contribution in [0.1, 0.15) is 49.9 Å². The summed E-state index contributed by atoms with van der Waals surface area (Å²) in [5.74, 6) is 14.8. The number of allylic oxidation sites excluding steroid dienone is 4. The number of hydrogen-bond acceptors (Lipinski definition) is 0. The van der Waals surface area contributed by atoms with Crippen molar-refractivity contribution in [3.8, 4) is 23.7 Å². The molecule has 4 aromatic rings. The summed E-state index contributed by atoms with van der Waals surface area (Å²) in [6, 6.07) is 42.4. The van der Waals surface area contributed by atoms with Crippen LogP contribution in [0.15, 0.2) is 132 Å². The Hall–Kier alpha value is -4.30. The van der Waals surface area contributed by atoms with Gasteiger partial charge >= 0.3 is 0 Å². The zero-order chi connectivity index (χ0) is 27.2. The minimum Gasteiger partial charge on any atom is -0.0695 e. The van der Waals surface area contributed by atoms with E-state index in [9.17, 15) is 0 Å². The predicted octanol–water partition coefficient (Wildman–Crippen LogP) is 9.36. The summed E-state index contributed by atoms with van der Waals surface area (Å²) in [7, 11) is -2.43. The van der Waals surface area contributed by atoms with Crippen molar-refractivity contribution < 1.29 is 0 Å². The second-order valence-corrected chi connectivity index (χ2v) is 15.7. The summed E-state index contributed by atoms with van der Waals surface area (Å²) in [5.41, 5.74) is 7.85. The molecule has 0 nitrogen and oxygen atoms in total. The van der Waals surface area contributed by atoms with Gasteiger partial charge in [-0.05, 0) is 57.6 Å². The Morgan fingerprint density at radius 2 is 0.718 bits per heavy atom. The number of benzene rings is 4. The van der Waals surface area contributed by atoms with Gasteiger partial charge in [0.2, 0.25) is 0 Å². The molecule has 0 aliphatic carbocycles. The van der Waals surface area contributed by atoms with E-state index in [0.717, 1.165) is 11.1 Å². The Morgan fingerprint density at radius 1 is 0.410 bits per heavy atom. The Kier molecular flexibility index (Phi) is 7.83. The van der Waals surface area contributed by atoms with Crippen LogP contribution in [0.2, 0.25) is 11.1 Å². The lowest BCUT2D eigenvalue weighted by Crippen LogP contribution is -2.44. The molecular weight excluding hydrogens is 485 g/mol. The van der Waals surface area contributed by atoms with Gasteiger partial charge in [0, 0.05) is 21.5 Å². The summed E-state index contributed by atoms with van der Waals surface area (Å²) < 4.78 is 0. The zero-order valence-corrected chi connectivity index (χ0v) is 24.2. The van der Waals surface area contributed by atoms with Crippen LogP contribution in [0.4, 0.5) is 0 Å². The van der Waals surface area contributed by atoms with Crippen molar-refractivity contribution in [1.29, 1.82) is 0 Å². The van der Waals surface area contributed by atoms with Crippen molar-refractivity contribution in [2.24, 2.45) is 0 Å². The summed E-state index contributed by atoms with van der Waals surface area (Å²) >= 11 is 0. The maximum absolute atomic E-state index is 3.81. The minimum absolute atomic E-state index is 0.414. The van der Waals surface area contributed by atoms with Crippen LogP contribution in [0.5, 0.6) is 0 Å². The van der Waals surface area contributed by atoms with Crippen molar-refractivity contribution >= 4 is 19.2 Å². The number of hydrogen-bond donors (Lipinski definition) is 0. The first-order chi connectivity index (χ1) is 19.0. The Morgan fingerprint density at radius 3 is 1.03 bits per heavy atom. The van der Waals surface area contributed by atoms with Crippen LogP contribution in [-0.4, -0.2) is 8.07 Å². The van der Waals surface area contributed by atoms with Crippen molar-refractivity contribution in [2.45, 2.75) is 38.8 Å². The molecule has 0 N–H and O–H groups in total. The summed E-state index contributed by atoms with van der Waals surface area (Å²) in [4.78, 5) is 0. The van der Waals surface area contributed by atoms with Crippen LogP contribution in [0, 0.1) is 23.7 Å². The first-order valence-corrected chi connectivity index (χ1v) is 15.9. The summed E-state index contributed by atoms with van der Waals surface area (Å²) in [6.45, 7) is 9.54. The highest BCUT2D eigenvalue weighted by atomic mass is 28.3. The van der Waals surface area contributed by atoms with Crippen LogP contribution < -0.4 is 0 Å². The third kappa shape index (κ3) is 5.07. The van der Waals surface area contributed by atoms with E-state index in [2.05, 4.69) is 161 Å². The minimum atomic E-state index is -2.43. The average molecular weight is 519 g/mol. The SMILES string of the molecule is CC(C)[Si]1(C(C)C)C(C#Cc2ccccc2)=C(c2ccccc2)C(c2ccccc2)=C1C#Cc1ccccc1. The van der Waals surface area contributed by atoms with E-state index in [1.165, 1.54) is 32.7 Å². The van der Waals surface area contributed by atoms with Gasteiger partial charge in [-0.2, -0.15) is 0 Å². The average Bonchev–Trinajstić information content (AvgIpc) is 3.28. The van der Waals surface area contributed by atoms with Gasteiger partial charge in [0.1, 0.15) is 8.07 Å². The van der Waals surface area contributed by atoms with Gasteiger partial charge < -0.3 is 0 Å². The fourth-order valence-corrected chi connectivity index (χ4v) is 11.8. The molecule has 1 heteroatoms. The molecule has 0 atom stereocenters. The standard InChI is InChI=1S/C38H34Si/c1-29(2)39(30(3)4)35(27-25-31-17-9-5-10-18-31)37(33-21-13-7-14-22-33)38(34-23-15-8-16-24-34)36(39)28-26-32-19-11-6-12-20-32/h5-24,29-30H,1-4H3. The van der Waals surface area contributed by atoms with E-state index >= 15 is 0 Å². The van der Waals surface area contributed by atoms with Crippen LogP contribution in [0.3, 0.4) is 0 Å². The Labute approximate surface area is 235 Å². The molecule has 0 aromatic heterocycles. The predicted molar refractivity (Wildman–Crippen MR) is 169 cm³/mol. The lowest BCUT2D eigenvalue weighted by Gasteiger charge is -2.37. The van der Waals surface area contributed by atoms with Gasteiger partial charge in [0.05, 0.1) is 0 Å². The van der Waals surface area contributed by atoms with Crippen molar-refractivity contribution in [1.82, 2.24) is 0 Å². The van der Waals surface area contributed by atoms with Crippen LogP contribution in [0.25, 0.3) is 11.1 Å². The van der Waals surface area contributed by atoms with Gasteiger partial charge in [0.15, 0.2) is 0 Å². The highest BCUT2D eigenvalue weighted by Gasteiger charge is 2.53. The van der Waals surface area contributed by atoms with Crippen molar-refractivity contribution in [3.05, 3.63) is 154 Å². The second kappa shape index (κ2) is 11.6. The quantitative estimate of drug-likeness (QED) is 0.186. The molecule has 0 saturated heterocycles. The smallest absolute Gasteiger partial charge is 0.0695 e. The Balaban J connectivity index is 1.91. The van der Waals surface area contributed by atoms with Gasteiger partial charge in [-0.3, -0.25) is 0 Å². The van der Waals surface area contributed by atoms with E-state index < -0.39 is 8.07 Å². The van der Waals surface area contributed by atoms with Crippen LogP contribution >= 0.6 is 0 Å². The molecule has 190 valence electrons. The van der Waals surface area contributed by atoms with E-state index in [4.69, 9.17) is 0 Å². The van der Waals surface area contributed by atoms with Gasteiger partial charge in [-0.1, -0.05) is 148 Å². The van der Waals surface area contributed by atoms with Gasteiger partial charge in [0.25, 0.3) is 0 Å². The summed E-state index contributed by atoms with van der Waals surface area (Å²) in [6.07, 6.45) is 0. The monoisotopic (exact) mass is 518 g/mol. The lowest BCUT2D eigenvalue weighted by molar-refractivity contribution is 0.919. The second-order valence-electron chi connectivity index (χ2n) is 10.6. The third-order valence-corrected chi connectivity index (χ3v) is 13.8. The first kappa shape index (κ1) is 26.3. The largest absolute Gasteiger partial charge is 0.146 e. The molecule has 0 fully saturated rings. The maximum atomic E-state index is 3.81. The fourth-order valence-electron chi connectivity index (χ4n) is 6.04. The van der Waals surface area contributed by atoms with Crippen molar-refractivity contribution in [3.63, 3.8) is 0 Å². The van der Waals surface area contributed by atoms with Gasteiger partial charge in [-0.25, -0.2) is 0 Å². The van der Waals surface area contributed by atoms with Crippen molar-refractivity contribution in [2.75, 3.05) is 0 Å². The first-order valence-electron chi connectivity index (χ1n) is 13.8. The molecule has 0 radical (unpaired) electrons. The lowest BCUT2D eigenvalue weighted by atomic mass is 9.91. The molecule has 0 unspecified atom stereocenters. The highest BCUT2D eigenvalue weighted by Crippen LogP contribution is 2.56. The molecule has 0 amide bonds. The topological polar surface area (TPSA) is 0 Å². The molecule has 0 spiro atoms. The van der Waals surface area contributed by atoms with E-state index in [1.54, 1.807) is 0 Å². The molecule has 1 heterocycles. The third-order valence-electron chi connectivity index (χ3n) is 7.73. The summed E-state index contributed by atoms with van der Waals surface area (Å²) in [5, 5.41) is 2.61. The zero-order valence-electron chi connectivity index (χ0n) is 23.2. The van der Waals surface area contributed by atoms with E-state index in [0.29, 0.717) is 11.1 Å². The van der Waals surface area contributed by atoms with Crippen LogP contribution in [-0.2, 0) is 0 Å². The fraction of sp³-hybridized carbons (Fsp3) is 0.158. The van der Waals surface area contributed by atoms with Gasteiger partial charge in [-0.15, -0.1) is 0 Å². The molecule has 5 rings (SSSR count). The number of rotatable bonds is 4.